The third-order valence-corrected chi connectivity index (χ3v) is 13.6. The normalized spacial score (nSPS) is 54.0. The van der Waals surface area contributed by atoms with Gasteiger partial charge in [0.15, 0.2) is 0 Å². The first-order chi connectivity index (χ1) is 15.7. The van der Waals surface area contributed by atoms with Crippen LogP contribution in [0.4, 0.5) is 0 Å². The van der Waals surface area contributed by atoms with Gasteiger partial charge >= 0.3 is 5.97 Å². The molecule has 5 aliphatic rings. The Morgan fingerprint density at radius 2 is 1.62 bits per heavy atom. The van der Waals surface area contributed by atoms with Crippen molar-refractivity contribution in [1.29, 1.82) is 0 Å². The number of ether oxygens (including phenoxy) is 1. The molecule has 0 spiro atoms. The van der Waals surface area contributed by atoms with Gasteiger partial charge in [-0.3, -0.25) is 4.79 Å². The van der Waals surface area contributed by atoms with Gasteiger partial charge in [0.25, 0.3) is 0 Å². The van der Waals surface area contributed by atoms with Crippen molar-refractivity contribution in [3.05, 3.63) is 11.6 Å². The molecule has 4 fully saturated rings. The van der Waals surface area contributed by atoms with Gasteiger partial charge in [-0.2, -0.15) is 0 Å². The van der Waals surface area contributed by atoms with Crippen molar-refractivity contribution in [2.45, 2.75) is 126 Å². The zero-order chi connectivity index (χ0) is 24.9. The summed E-state index contributed by atoms with van der Waals surface area (Å²) in [6.45, 7) is 22.2. The lowest BCUT2D eigenvalue weighted by molar-refractivity contribution is -0.193. The number of carbonyl (C=O) groups excluding carboxylic acids is 1. The fourth-order valence-corrected chi connectivity index (χ4v) is 11.4. The number of hydrogen-bond donors (Lipinski definition) is 0. The van der Waals surface area contributed by atoms with Gasteiger partial charge in [0.05, 0.1) is 0 Å². The van der Waals surface area contributed by atoms with Gasteiger partial charge < -0.3 is 4.74 Å². The summed E-state index contributed by atoms with van der Waals surface area (Å²) < 4.78 is 5.89. The monoisotopic (exact) mass is 468 g/mol. The van der Waals surface area contributed by atoms with E-state index in [0.717, 1.165) is 30.6 Å². The third-order valence-electron chi connectivity index (χ3n) is 13.6. The van der Waals surface area contributed by atoms with Crippen molar-refractivity contribution in [3.63, 3.8) is 0 Å². The number of rotatable bonds is 1. The SMILES string of the molecule is CC(=O)OC1CCC2(C)C3CCC4(C)C5C(C)C(C)CCC5(C)CCC4(C)C3=CCC2C1(C)C. The Labute approximate surface area is 210 Å². The maximum Gasteiger partial charge on any atom is 0.302 e. The molecule has 0 aliphatic heterocycles. The molecule has 0 saturated heterocycles. The maximum absolute atomic E-state index is 11.9. The highest BCUT2D eigenvalue weighted by molar-refractivity contribution is 5.66. The van der Waals surface area contributed by atoms with Crippen molar-refractivity contribution in [2.24, 2.45) is 56.7 Å². The van der Waals surface area contributed by atoms with E-state index in [0.29, 0.717) is 33.5 Å². The van der Waals surface area contributed by atoms with Gasteiger partial charge in [-0.15, -0.1) is 0 Å². The second-order valence-electron chi connectivity index (χ2n) is 15.3. The molecule has 0 amide bonds. The predicted octanol–water partition coefficient (Wildman–Crippen LogP) is 8.60. The van der Waals surface area contributed by atoms with E-state index in [4.69, 9.17) is 4.74 Å². The molecular weight excluding hydrogens is 416 g/mol. The quantitative estimate of drug-likeness (QED) is 0.284. The first-order valence-corrected chi connectivity index (χ1v) is 14.6. The summed E-state index contributed by atoms with van der Waals surface area (Å²) in [5, 5.41) is 0. The lowest BCUT2D eigenvalue weighted by Crippen LogP contribution is -2.64. The summed E-state index contributed by atoms with van der Waals surface area (Å²) in [7, 11) is 0. The van der Waals surface area contributed by atoms with Crippen molar-refractivity contribution in [1.82, 2.24) is 0 Å². The number of esters is 1. The molecule has 0 N–H and O–H groups in total. The third kappa shape index (κ3) is 3.08. The van der Waals surface area contributed by atoms with E-state index in [9.17, 15) is 4.79 Å². The molecule has 10 atom stereocenters. The first-order valence-electron chi connectivity index (χ1n) is 14.6. The molecule has 5 aliphatic carbocycles. The molecule has 0 radical (unpaired) electrons. The van der Waals surface area contributed by atoms with Crippen LogP contribution in [0.5, 0.6) is 0 Å². The van der Waals surface area contributed by atoms with Crippen molar-refractivity contribution >= 4 is 5.97 Å². The number of allylic oxidation sites excluding steroid dienone is 2. The Bertz CT molecular complexity index is 885. The lowest BCUT2D eigenvalue weighted by atomic mass is 9.33. The van der Waals surface area contributed by atoms with Crippen LogP contribution in [0.3, 0.4) is 0 Å². The van der Waals surface area contributed by atoms with Crippen LogP contribution in [0.1, 0.15) is 120 Å². The Kier molecular flexibility index (Phi) is 5.57. The summed E-state index contributed by atoms with van der Waals surface area (Å²) in [6, 6.07) is 0. The molecule has 0 aromatic carbocycles. The first kappa shape index (κ1) is 24.9. The minimum absolute atomic E-state index is 0.0286. The summed E-state index contributed by atoms with van der Waals surface area (Å²) in [5.74, 6) is 3.69. The average molecular weight is 469 g/mol. The van der Waals surface area contributed by atoms with Crippen molar-refractivity contribution < 1.29 is 9.53 Å². The largest absolute Gasteiger partial charge is 0.462 e. The van der Waals surface area contributed by atoms with E-state index < -0.39 is 0 Å². The van der Waals surface area contributed by atoms with Crippen LogP contribution in [0.2, 0.25) is 0 Å². The molecule has 10 unspecified atom stereocenters. The van der Waals surface area contributed by atoms with Crippen LogP contribution in [0, 0.1) is 56.7 Å². The molecular formula is C32H52O2. The van der Waals surface area contributed by atoms with Crippen LogP contribution < -0.4 is 0 Å². The van der Waals surface area contributed by atoms with Gasteiger partial charge in [0.1, 0.15) is 6.10 Å². The fourth-order valence-electron chi connectivity index (χ4n) is 11.4. The summed E-state index contributed by atoms with van der Waals surface area (Å²) in [4.78, 5) is 11.9. The van der Waals surface area contributed by atoms with Gasteiger partial charge in [0, 0.05) is 12.3 Å². The van der Waals surface area contributed by atoms with Crippen LogP contribution in [0.25, 0.3) is 0 Å². The highest BCUT2D eigenvalue weighted by Crippen LogP contribution is 2.75. The Morgan fingerprint density at radius 1 is 0.912 bits per heavy atom. The lowest BCUT2D eigenvalue weighted by Gasteiger charge is -2.71. The molecule has 4 saturated carbocycles. The average Bonchev–Trinajstić information content (AvgIpc) is 2.74. The molecule has 2 nitrogen and oxygen atoms in total. The molecule has 0 heterocycles. The Morgan fingerprint density at radius 3 is 2.29 bits per heavy atom. The van der Waals surface area contributed by atoms with E-state index >= 15 is 0 Å². The fraction of sp³-hybridized carbons (Fsp3) is 0.906. The van der Waals surface area contributed by atoms with Gasteiger partial charge in [-0.25, -0.2) is 0 Å². The van der Waals surface area contributed by atoms with Gasteiger partial charge in [0.2, 0.25) is 0 Å². The predicted molar refractivity (Wildman–Crippen MR) is 140 cm³/mol. The van der Waals surface area contributed by atoms with Crippen LogP contribution in [0.15, 0.2) is 11.6 Å². The Hall–Kier alpha value is -0.790. The van der Waals surface area contributed by atoms with E-state index in [1.807, 2.05) is 5.57 Å². The molecule has 192 valence electrons. The van der Waals surface area contributed by atoms with Crippen LogP contribution in [-0.2, 0) is 9.53 Å². The maximum atomic E-state index is 11.9. The highest BCUT2D eigenvalue weighted by Gasteiger charge is 2.68. The molecule has 5 rings (SSSR count). The standard InChI is InChI=1S/C32H52O2/c1-20-12-15-29(6)18-19-31(8)24-10-11-25-28(4,5)26(34-22(3)33)14-16-30(25,7)23(24)13-17-32(31,9)27(29)21(20)2/h10,20-21,23,25-27H,11-19H2,1-9H3. The van der Waals surface area contributed by atoms with Gasteiger partial charge in [-0.05, 0) is 109 Å². The second kappa shape index (κ2) is 7.61. The minimum Gasteiger partial charge on any atom is -0.462 e. The molecule has 0 aromatic heterocycles. The smallest absolute Gasteiger partial charge is 0.302 e. The summed E-state index contributed by atoms with van der Waals surface area (Å²) in [5.41, 5.74) is 3.45. The van der Waals surface area contributed by atoms with E-state index in [1.165, 1.54) is 44.9 Å². The number of carbonyl (C=O) groups is 1. The van der Waals surface area contributed by atoms with E-state index in [2.05, 4.69) is 61.5 Å². The van der Waals surface area contributed by atoms with Crippen LogP contribution >= 0.6 is 0 Å². The minimum atomic E-state index is -0.115. The van der Waals surface area contributed by atoms with Crippen molar-refractivity contribution in [3.8, 4) is 0 Å². The number of fused-ring (bicyclic) bond motifs is 7. The molecule has 2 heteroatoms. The zero-order valence-corrected chi connectivity index (χ0v) is 23.7. The summed E-state index contributed by atoms with van der Waals surface area (Å²) in [6.07, 6.45) is 14.5. The zero-order valence-electron chi connectivity index (χ0n) is 23.7. The molecule has 0 aromatic rings. The van der Waals surface area contributed by atoms with Gasteiger partial charge in [-0.1, -0.05) is 67.0 Å². The Balaban J connectivity index is 1.54. The van der Waals surface area contributed by atoms with E-state index in [1.54, 1.807) is 6.92 Å². The number of hydrogen-bond acceptors (Lipinski definition) is 2. The second-order valence-corrected chi connectivity index (χ2v) is 15.3. The van der Waals surface area contributed by atoms with Crippen molar-refractivity contribution in [2.75, 3.05) is 0 Å². The molecule has 0 bridgehead atoms. The topological polar surface area (TPSA) is 26.3 Å². The summed E-state index contributed by atoms with van der Waals surface area (Å²) >= 11 is 0. The van der Waals surface area contributed by atoms with Crippen LogP contribution in [-0.4, -0.2) is 12.1 Å². The van der Waals surface area contributed by atoms with E-state index in [-0.39, 0.29) is 17.5 Å². The molecule has 34 heavy (non-hydrogen) atoms. The highest BCUT2D eigenvalue weighted by atomic mass is 16.5.